The molecule has 0 unspecified atom stereocenters. The molecule has 0 aliphatic carbocycles. The fourth-order valence-corrected chi connectivity index (χ4v) is 3.02. The highest BCUT2D eigenvalue weighted by atomic mass is 16.2. The number of rotatable bonds is 3. The first-order valence-corrected chi connectivity index (χ1v) is 8.67. The molecule has 3 amide bonds. The quantitative estimate of drug-likeness (QED) is 0.935. The molecule has 0 aromatic heterocycles. The molecule has 5 nitrogen and oxygen atoms in total. The zero-order chi connectivity index (χ0) is 17.6. The van der Waals surface area contributed by atoms with Gasteiger partial charge in [-0.3, -0.25) is 4.79 Å². The van der Waals surface area contributed by atoms with E-state index in [0.29, 0.717) is 31.7 Å². The molecule has 1 heterocycles. The number of nitrogens with zero attached hydrogens (tertiary/aromatic N) is 2. The number of urea groups is 1. The minimum Gasteiger partial charge on any atom is -0.335 e. The third-order valence-corrected chi connectivity index (χ3v) is 4.51. The Bertz CT molecular complexity index is 738. The van der Waals surface area contributed by atoms with Gasteiger partial charge in [0.15, 0.2) is 0 Å². The Hall–Kier alpha value is -2.82. The summed E-state index contributed by atoms with van der Waals surface area (Å²) < 4.78 is 0. The van der Waals surface area contributed by atoms with Crippen LogP contribution in [0.2, 0.25) is 0 Å². The lowest BCUT2D eigenvalue weighted by Crippen LogP contribution is -2.51. The SMILES string of the molecule is CCc1ccccc1NC(=O)N1CCN(C(=O)c2ccccc2)CC1. The molecule has 1 N–H and O–H groups in total. The average molecular weight is 337 g/mol. The van der Waals surface area contributed by atoms with Crippen LogP contribution in [0.4, 0.5) is 10.5 Å². The van der Waals surface area contributed by atoms with Crippen LogP contribution in [0.3, 0.4) is 0 Å². The van der Waals surface area contributed by atoms with Gasteiger partial charge < -0.3 is 15.1 Å². The van der Waals surface area contributed by atoms with Gasteiger partial charge in [0.25, 0.3) is 5.91 Å². The number of amides is 3. The van der Waals surface area contributed by atoms with Gasteiger partial charge in [0, 0.05) is 37.4 Å². The van der Waals surface area contributed by atoms with Crippen LogP contribution < -0.4 is 5.32 Å². The van der Waals surface area contributed by atoms with Gasteiger partial charge in [0.1, 0.15) is 0 Å². The molecule has 1 aliphatic rings. The Balaban J connectivity index is 1.57. The summed E-state index contributed by atoms with van der Waals surface area (Å²) in [6.45, 7) is 4.25. The second kappa shape index (κ2) is 7.83. The van der Waals surface area contributed by atoms with Gasteiger partial charge in [0.2, 0.25) is 0 Å². The summed E-state index contributed by atoms with van der Waals surface area (Å²) >= 11 is 0. The third kappa shape index (κ3) is 3.99. The lowest BCUT2D eigenvalue weighted by Gasteiger charge is -2.34. The summed E-state index contributed by atoms with van der Waals surface area (Å²) in [5.74, 6) is 0.0250. The summed E-state index contributed by atoms with van der Waals surface area (Å²) in [7, 11) is 0. The fourth-order valence-electron chi connectivity index (χ4n) is 3.02. The van der Waals surface area contributed by atoms with Crippen LogP contribution in [0.15, 0.2) is 54.6 Å². The molecule has 5 heteroatoms. The zero-order valence-corrected chi connectivity index (χ0v) is 14.4. The van der Waals surface area contributed by atoms with Gasteiger partial charge in [-0.15, -0.1) is 0 Å². The lowest BCUT2D eigenvalue weighted by atomic mass is 10.1. The van der Waals surface area contributed by atoms with E-state index < -0.39 is 0 Å². The second-order valence-electron chi connectivity index (χ2n) is 6.09. The van der Waals surface area contributed by atoms with Crippen LogP contribution in [0.1, 0.15) is 22.8 Å². The molecular weight excluding hydrogens is 314 g/mol. The second-order valence-corrected chi connectivity index (χ2v) is 6.09. The Kier molecular flexibility index (Phi) is 5.33. The smallest absolute Gasteiger partial charge is 0.321 e. The predicted octanol–water partition coefficient (Wildman–Crippen LogP) is 3.24. The van der Waals surface area contributed by atoms with Crippen LogP contribution >= 0.6 is 0 Å². The lowest BCUT2D eigenvalue weighted by molar-refractivity contribution is 0.0671. The highest BCUT2D eigenvalue weighted by Crippen LogP contribution is 2.17. The van der Waals surface area contributed by atoms with Crippen molar-refractivity contribution in [2.24, 2.45) is 0 Å². The van der Waals surface area contributed by atoms with Crippen LogP contribution in [0.25, 0.3) is 0 Å². The maximum atomic E-state index is 12.5. The van der Waals surface area contributed by atoms with E-state index >= 15 is 0 Å². The number of hydrogen-bond donors (Lipinski definition) is 1. The van der Waals surface area contributed by atoms with E-state index in [1.807, 2.05) is 54.6 Å². The van der Waals surface area contributed by atoms with Crippen LogP contribution in [0.5, 0.6) is 0 Å². The summed E-state index contributed by atoms with van der Waals surface area (Å²) in [6.07, 6.45) is 0.871. The molecule has 3 rings (SSSR count). The molecule has 25 heavy (non-hydrogen) atoms. The number of carbonyl (C=O) groups is 2. The Morgan fingerprint density at radius 2 is 1.48 bits per heavy atom. The number of hydrogen-bond acceptors (Lipinski definition) is 2. The molecule has 2 aromatic rings. The summed E-state index contributed by atoms with van der Waals surface area (Å²) in [4.78, 5) is 28.5. The van der Waals surface area contributed by atoms with Gasteiger partial charge in [-0.2, -0.15) is 0 Å². The van der Waals surface area contributed by atoms with E-state index in [4.69, 9.17) is 0 Å². The first-order valence-electron chi connectivity index (χ1n) is 8.67. The van der Waals surface area contributed by atoms with Crippen molar-refractivity contribution in [2.45, 2.75) is 13.3 Å². The first-order chi connectivity index (χ1) is 12.2. The molecule has 1 saturated heterocycles. The van der Waals surface area contributed by atoms with Gasteiger partial charge >= 0.3 is 6.03 Å². The number of nitrogens with one attached hydrogen (secondary N) is 1. The standard InChI is InChI=1S/C20H23N3O2/c1-2-16-8-6-7-11-18(16)21-20(25)23-14-12-22(13-15-23)19(24)17-9-4-3-5-10-17/h3-11H,2,12-15H2,1H3,(H,21,25). The normalized spacial score (nSPS) is 14.3. The van der Waals surface area contributed by atoms with E-state index in [1.54, 1.807) is 9.80 Å². The number of anilines is 1. The highest BCUT2D eigenvalue weighted by molar-refractivity contribution is 5.94. The monoisotopic (exact) mass is 337 g/mol. The molecule has 1 fully saturated rings. The minimum absolute atomic E-state index is 0.0250. The molecule has 0 saturated carbocycles. The van der Waals surface area contributed by atoms with Crippen molar-refractivity contribution in [2.75, 3.05) is 31.5 Å². The van der Waals surface area contributed by atoms with E-state index in [2.05, 4.69) is 12.2 Å². The van der Waals surface area contributed by atoms with Crippen molar-refractivity contribution >= 4 is 17.6 Å². The van der Waals surface area contributed by atoms with Gasteiger partial charge in [0.05, 0.1) is 0 Å². The van der Waals surface area contributed by atoms with Crippen LogP contribution in [-0.2, 0) is 6.42 Å². The molecule has 130 valence electrons. The molecule has 0 bridgehead atoms. The first kappa shape index (κ1) is 17.0. The summed E-state index contributed by atoms with van der Waals surface area (Å²) in [6, 6.07) is 17.0. The summed E-state index contributed by atoms with van der Waals surface area (Å²) in [5.41, 5.74) is 2.67. The predicted molar refractivity (Wildman–Crippen MR) is 98.8 cm³/mol. The van der Waals surface area contributed by atoms with E-state index in [0.717, 1.165) is 17.7 Å². The number of piperazine rings is 1. The van der Waals surface area contributed by atoms with E-state index in [9.17, 15) is 9.59 Å². The number of para-hydroxylation sites is 1. The zero-order valence-electron chi connectivity index (χ0n) is 14.4. The Morgan fingerprint density at radius 3 is 2.16 bits per heavy atom. The third-order valence-electron chi connectivity index (χ3n) is 4.51. The molecule has 1 aliphatic heterocycles. The molecule has 0 radical (unpaired) electrons. The van der Waals surface area contributed by atoms with Crippen molar-refractivity contribution in [1.82, 2.24) is 9.80 Å². The van der Waals surface area contributed by atoms with Crippen molar-refractivity contribution in [3.05, 3.63) is 65.7 Å². The number of benzene rings is 2. The Morgan fingerprint density at radius 1 is 0.880 bits per heavy atom. The van der Waals surface area contributed by atoms with Crippen molar-refractivity contribution < 1.29 is 9.59 Å². The van der Waals surface area contributed by atoms with Gasteiger partial charge in [-0.25, -0.2) is 4.79 Å². The maximum Gasteiger partial charge on any atom is 0.321 e. The number of carbonyl (C=O) groups excluding carboxylic acids is 2. The minimum atomic E-state index is -0.104. The van der Waals surface area contributed by atoms with Crippen molar-refractivity contribution in [3.63, 3.8) is 0 Å². The average Bonchev–Trinajstić information content (AvgIpc) is 2.68. The summed E-state index contributed by atoms with van der Waals surface area (Å²) in [5, 5.41) is 2.99. The van der Waals surface area contributed by atoms with E-state index in [1.165, 1.54) is 0 Å². The topological polar surface area (TPSA) is 52.7 Å². The van der Waals surface area contributed by atoms with Crippen molar-refractivity contribution in [1.29, 1.82) is 0 Å². The van der Waals surface area contributed by atoms with Crippen LogP contribution in [0, 0.1) is 0 Å². The van der Waals surface area contributed by atoms with E-state index in [-0.39, 0.29) is 11.9 Å². The maximum absolute atomic E-state index is 12.5. The molecule has 0 spiro atoms. The number of aryl methyl sites for hydroxylation is 1. The van der Waals surface area contributed by atoms with Crippen LogP contribution in [-0.4, -0.2) is 47.9 Å². The molecule has 2 aromatic carbocycles. The Labute approximate surface area is 148 Å². The van der Waals surface area contributed by atoms with Crippen molar-refractivity contribution in [3.8, 4) is 0 Å². The van der Waals surface area contributed by atoms with Gasteiger partial charge in [-0.1, -0.05) is 43.3 Å². The molecular formula is C20H23N3O2. The fraction of sp³-hybridized carbons (Fsp3) is 0.300. The molecule has 0 atom stereocenters. The largest absolute Gasteiger partial charge is 0.335 e. The van der Waals surface area contributed by atoms with Gasteiger partial charge in [-0.05, 0) is 30.2 Å². The highest BCUT2D eigenvalue weighted by Gasteiger charge is 2.25.